The van der Waals surface area contributed by atoms with Gasteiger partial charge in [-0.3, -0.25) is 24.6 Å². The summed E-state index contributed by atoms with van der Waals surface area (Å²) in [5.41, 5.74) is 0.200. The van der Waals surface area contributed by atoms with E-state index in [0.29, 0.717) is 16.8 Å². The number of carbonyl (C=O) groups is 2. The van der Waals surface area contributed by atoms with Crippen LogP contribution in [0.15, 0.2) is 47.5 Å². The molecule has 0 saturated carbocycles. The van der Waals surface area contributed by atoms with Gasteiger partial charge in [0.25, 0.3) is 5.69 Å². The Kier molecular flexibility index (Phi) is 9.03. The molecular formula is C25H29FN4O5S. The number of thioether (sulfide) groups is 1. The minimum atomic E-state index is -0.747. The van der Waals surface area contributed by atoms with Crippen molar-refractivity contribution in [3.8, 4) is 5.75 Å². The molecule has 0 unspecified atom stereocenters. The molecule has 1 aliphatic rings. The van der Waals surface area contributed by atoms with Crippen molar-refractivity contribution in [2.45, 2.75) is 51.3 Å². The number of carbonyl (C=O) groups excluding carboxylic acids is 2. The maximum atomic E-state index is 13.4. The van der Waals surface area contributed by atoms with E-state index in [1.54, 1.807) is 4.90 Å². The number of nitro groups is 1. The number of aliphatic imine (C=N–C) groups is 1. The zero-order valence-corrected chi connectivity index (χ0v) is 21.4. The number of hydrogen-bond donors (Lipinski definition) is 1. The molecule has 1 aliphatic heterocycles. The van der Waals surface area contributed by atoms with Crippen LogP contribution < -0.4 is 10.1 Å². The summed E-state index contributed by atoms with van der Waals surface area (Å²) in [6, 6.07) is 9.59. The highest BCUT2D eigenvalue weighted by atomic mass is 32.2. The smallest absolute Gasteiger partial charge is 0.296 e. The number of amides is 2. The van der Waals surface area contributed by atoms with Crippen LogP contribution in [0.4, 0.5) is 21.5 Å². The van der Waals surface area contributed by atoms with E-state index < -0.39 is 21.9 Å². The molecule has 2 atom stereocenters. The fourth-order valence-electron chi connectivity index (χ4n) is 3.69. The van der Waals surface area contributed by atoms with Gasteiger partial charge in [-0.15, -0.1) is 0 Å². The topological polar surface area (TPSA) is 114 Å². The van der Waals surface area contributed by atoms with Crippen LogP contribution in [0, 0.1) is 21.8 Å². The molecule has 2 aromatic rings. The van der Waals surface area contributed by atoms with Crippen molar-refractivity contribution in [2.24, 2.45) is 10.9 Å². The van der Waals surface area contributed by atoms with E-state index in [0.717, 1.165) is 24.6 Å². The first-order chi connectivity index (χ1) is 17.1. The number of methoxy groups -OCH3 is 1. The lowest BCUT2D eigenvalue weighted by molar-refractivity contribution is -0.384. The lowest BCUT2D eigenvalue weighted by Crippen LogP contribution is -2.40. The average Bonchev–Trinajstić information content (AvgIpc) is 3.13. The fraction of sp³-hybridized carbons (Fsp3) is 0.400. The minimum absolute atomic E-state index is 0.0172. The van der Waals surface area contributed by atoms with Gasteiger partial charge in [0.1, 0.15) is 22.5 Å². The lowest BCUT2D eigenvalue weighted by atomic mass is 10.0. The second-order valence-electron chi connectivity index (χ2n) is 8.90. The zero-order valence-electron chi connectivity index (χ0n) is 20.6. The first kappa shape index (κ1) is 27.1. The zero-order chi connectivity index (χ0) is 26.4. The van der Waals surface area contributed by atoms with Crippen LogP contribution >= 0.6 is 11.8 Å². The number of hydrogen-bond acceptors (Lipinski definition) is 7. The first-order valence-electron chi connectivity index (χ1n) is 11.5. The highest BCUT2D eigenvalue weighted by Gasteiger charge is 2.41. The Bertz CT molecular complexity index is 1160. The van der Waals surface area contributed by atoms with Crippen molar-refractivity contribution in [1.82, 2.24) is 4.90 Å². The SMILES string of the molecule is COc1ccc(NC(=O)C[C@@H]2SC(=Nc3ccc(F)cc3)N([C@H](C)CCC(C)C)C2=O)c([N+](=O)[O-])c1. The number of benzene rings is 2. The van der Waals surface area contributed by atoms with Crippen molar-refractivity contribution in [1.29, 1.82) is 0 Å². The number of nitro benzene ring substituents is 1. The molecule has 0 spiro atoms. The number of nitrogens with zero attached hydrogens (tertiary/aromatic N) is 3. The molecule has 2 aromatic carbocycles. The second kappa shape index (κ2) is 12.0. The van der Waals surface area contributed by atoms with Crippen LogP contribution in [-0.4, -0.2) is 45.2 Å². The number of halogens is 1. The quantitative estimate of drug-likeness (QED) is 0.328. The molecule has 0 aromatic heterocycles. The summed E-state index contributed by atoms with van der Waals surface area (Å²) in [5, 5.41) is 13.7. The number of amidine groups is 1. The molecule has 0 aliphatic carbocycles. The third kappa shape index (κ3) is 6.81. The van der Waals surface area contributed by atoms with Gasteiger partial charge in [-0.25, -0.2) is 9.38 Å². The van der Waals surface area contributed by atoms with E-state index in [1.165, 1.54) is 49.6 Å². The van der Waals surface area contributed by atoms with Crippen LogP contribution in [0.2, 0.25) is 0 Å². The molecule has 1 saturated heterocycles. The molecule has 36 heavy (non-hydrogen) atoms. The molecular weight excluding hydrogens is 487 g/mol. The van der Waals surface area contributed by atoms with Crippen LogP contribution in [0.1, 0.15) is 40.0 Å². The van der Waals surface area contributed by atoms with E-state index in [9.17, 15) is 24.1 Å². The van der Waals surface area contributed by atoms with Crippen LogP contribution in [0.3, 0.4) is 0 Å². The Morgan fingerprint density at radius 3 is 2.53 bits per heavy atom. The highest BCUT2D eigenvalue weighted by Crippen LogP contribution is 2.35. The Hall–Kier alpha value is -3.47. The molecule has 1 N–H and O–H groups in total. The number of rotatable bonds is 10. The maximum absolute atomic E-state index is 13.4. The van der Waals surface area contributed by atoms with E-state index in [1.807, 2.05) is 6.92 Å². The van der Waals surface area contributed by atoms with Crippen LogP contribution in [0.25, 0.3) is 0 Å². The third-order valence-corrected chi connectivity index (χ3v) is 6.82. The Morgan fingerprint density at radius 2 is 1.92 bits per heavy atom. The average molecular weight is 517 g/mol. The van der Waals surface area contributed by atoms with Gasteiger partial charge in [0.05, 0.1) is 23.8 Å². The van der Waals surface area contributed by atoms with Gasteiger partial charge >= 0.3 is 0 Å². The van der Waals surface area contributed by atoms with Gasteiger partial charge in [-0.2, -0.15) is 0 Å². The summed E-state index contributed by atoms with van der Waals surface area (Å²) < 4.78 is 18.4. The minimum Gasteiger partial charge on any atom is -0.496 e. The second-order valence-corrected chi connectivity index (χ2v) is 10.1. The summed E-state index contributed by atoms with van der Waals surface area (Å²) in [4.78, 5) is 43.1. The van der Waals surface area contributed by atoms with Gasteiger partial charge in [-0.05, 0) is 62.1 Å². The van der Waals surface area contributed by atoms with Crippen molar-refractivity contribution >= 4 is 45.8 Å². The van der Waals surface area contributed by atoms with Crippen molar-refractivity contribution in [3.63, 3.8) is 0 Å². The highest BCUT2D eigenvalue weighted by molar-refractivity contribution is 8.15. The summed E-state index contributed by atoms with van der Waals surface area (Å²) in [6.07, 6.45) is 1.47. The Morgan fingerprint density at radius 1 is 1.22 bits per heavy atom. The molecule has 1 fully saturated rings. The number of nitrogens with one attached hydrogen (secondary N) is 1. The Labute approximate surface area is 213 Å². The van der Waals surface area contributed by atoms with Crippen molar-refractivity contribution in [3.05, 3.63) is 58.4 Å². The standard InChI is InChI=1S/C25H29FN4O5S/c1-15(2)5-6-16(3)29-24(32)22(36-25(29)27-18-9-7-17(26)8-10-18)14-23(31)28-20-12-11-19(35-4)13-21(20)30(33)34/h7-13,15-16,22H,5-6,14H2,1-4H3,(H,28,31)/t16-,22+/m1/s1. The van der Waals surface area contributed by atoms with E-state index in [4.69, 9.17) is 4.74 Å². The van der Waals surface area contributed by atoms with Gasteiger partial charge in [0, 0.05) is 12.5 Å². The lowest BCUT2D eigenvalue weighted by Gasteiger charge is -2.25. The molecule has 0 radical (unpaired) electrons. The maximum Gasteiger partial charge on any atom is 0.296 e. The summed E-state index contributed by atoms with van der Waals surface area (Å²) >= 11 is 1.16. The predicted octanol–water partition coefficient (Wildman–Crippen LogP) is 5.53. The molecule has 1 heterocycles. The number of ether oxygens (including phenoxy) is 1. The molecule has 192 valence electrons. The van der Waals surface area contributed by atoms with E-state index in [2.05, 4.69) is 24.2 Å². The largest absolute Gasteiger partial charge is 0.496 e. The molecule has 3 rings (SSSR count). The summed E-state index contributed by atoms with van der Waals surface area (Å²) in [5.74, 6) is -0.437. The van der Waals surface area contributed by atoms with E-state index in [-0.39, 0.29) is 35.5 Å². The van der Waals surface area contributed by atoms with Crippen LogP contribution in [-0.2, 0) is 9.59 Å². The van der Waals surface area contributed by atoms with Crippen molar-refractivity contribution in [2.75, 3.05) is 12.4 Å². The molecule has 11 heteroatoms. The number of anilines is 1. The third-order valence-electron chi connectivity index (χ3n) is 5.67. The summed E-state index contributed by atoms with van der Waals surface area (Å²) in [6.45, 7) is 6.14. The van der Waals surface area contributed by atoms with Crippen molar-refractivity contribution < 1.29 is 23.6 Å². The van der Waals surface area contributed by atoms with E-state index >= 15 is 0 Å². The Balaban J connectivity index is 1.81. The predicted molar refractivity (Wildman–Crippen MR) is 138 cm³/mol. The molecule has 0 bridgehead atoms. The first-order valence-corrected chi connectivity index (χ1v) is 12.4. The normalized spacial score (nSPS) is 17.5. The van der Waals surface area contributed by atoms with Gasteiger partial charge in [-0.1, -0.05) is 25.6 Å². The van der Waals surface area contributed by atoms with Crippen LogP contribution in [0.5, 0.6) is 5.75 Å². The monoisotopic (exact) mass is 516 g/mol. The molecule has 2 amide bonds. The fourth-order valence-corrected chi connectivity index (χ4v) is 4.94. The summed E-state index contributed by atoms with van der Waals surface area (Å²) in [7, 11) is 1.39. The van der Waals surface area contributed by atoms with Gasteiger partial charge in [0.2, 0.25) is 11.8 Å². The molecule has 9 nitrogen and oxygen atoms in total. The van der Waals surface area contributed by atoms with Gasteiger partial charge < -0.3 is 10.1 Å². The van der Waals surface area contributed by atoms with Gasteiger partial charge in [0.15, 0.2) is 5.17 Å².